The second-order valence-electron chi connectivity index (χ2n) is 9.42. The molecule has 5 nitrogen and oxygen atoms in total. The molecule has 35 heavy (non-hydrogen) atoms. The van der Waals surface area contributed by atoms with Crippen LogP contribution in [-0.2, 0) is 16.4 Å². The van der Waals surface area contributed by atoms with Crippen LogP contribution in [0.5, 0.6) is 5.75 Å². The zero-order valence-electron chi connectivity index (χ0n) is 20.5. The van der Waals surface area contributed by atoms with Crippen molar-refractivity contribution in [2.45, 2.75) is 58.0 Å². The van der Waals surface area contributed by atoms with Gasteiger partial charge in [0.1, 0.15) is 5.75 Å². The number of nitrogens with zero attached hydrogens (tertiary/aromatic N) is 1. The fourth-order valence-corrected chi connectivity index (χ4v) is 6.49. The van der Waals surface area contributed by atoms with Gasteiger partial charge < -0.3 is 9.64 Å². The van der Waals surface area contributed by atoms with Gasteiger partial charge in [-0.15, -0.1) is 0 Å². The number of hydrogen-bond donors (Lipinski definition) is 0. The molecule has 0 aliphatic carbocycles. The molecule has 1 heterocycles. The van der Waals surface area contributed by atoms with E-state index in [4.69, 9.17) is 4.74 Å². The minimum atomic E-state index is -3.13. The van der Waals surface area contributed by atoms with E-state index in [0.717, 1.165) is 34.9 Å². The standard InChI is InChI=1S/C29H35NO4S/c1-2-3-4-5-8-19-34-27-16-14-24(15-17-27)29(31)30(26-18-20-35(32,33)22-26)21-25-12-9-11-23-10-6-7-13-28(23)25/h6-7,9-17,26H,2-5,8,18-22H2,1H3/t26-/m1/s1. The molecule has 1 saturated heterocycles. The normalized spacial score (nSPS) is 16.9. The summed E-state index contributed by atoms with van der Waals surface area (Å²) in [6.07, 6.45) is 6.37. The Balaban J connectivity index is 1.50. The van der Waals surface area contributed by atoms with Crippen LogP contribution in [0.15, 0.2) is 66.7 Å². The number of benzene rings is 3. The van der Waals surface area contributed by atoms with Crippen molar-refractivity contribution >= 4 is 26.5 Å². The number of hydrogen-bond acceptors (Lipinski definition) is 4. The van der Waals surface area contributed by atoms with Crippen molar-refractivity contribution < 1.29 is 17.9 Å². The van der Waals surface area contributed by atoms with Crippen LogP contribution in [0.3, 0.4) is 0 Å². The molecule has 0 radical (unpaired) electrons. The lowest BCUT2D eigenvalue weighted by Crippen LogP contribution is -2.40. The van der Waals surface area contributed by atoms with E-state index < -0.39 is 9.84 Å². The van der Waals surface area contributed by atoms with Gasteiger partial charge in [0.05, 0.1) is 18.1 Å². The van der Waals surface area contributed by atoms with Crippen molar-refractivity contribution in [3.63, 3.8) is 0 Å². The third-order valence-corrected chi connectivity index (χ3v) is 8.50. The van der Waals surface area contributed by atoms with Crippen LogP contribution >= 0.6 is 0 Å². The number of carbonyl (C=O) groups excluding carboxylic acids is 1. The molecule has 0 unspecified atom stereocenters. The van der Waals surface area contributed by atoms with E-state index in [1.807, 2.05) is 54.6 Å². The monoisotopic (exact) mass is 493 g/mol. The van der Waals surface area contributed by atoms with Crippen LogP contribution < -0.4 is 4.74 Å². The Morgan fingerprint density at radius 1 is 0.943 bits per heavy atom. The zero-order chi connectivity index (χ0) is 24.7. The molecule has 186 valence electrons. The summed E-state index contributed by atoms with van der Waals surface area (Å²) in [5.41, 5.74) is 1.56. The van der Waals surface area contributed by atoms with Crippen LogP contribution in [0.2, 0.25) is 0 Å². The molecule has 0 N–H and O–H groups in total. The summed E-state index contributed by atoms with van der Waals surface area (Å²) in [6.45, 7) is 3.24. The largest absolute Gasteiger partial charge is 0.494 e. The van der Waals surface area contributed by atoms with E-state index in [9.17, 15) is 13.2 Å². The zero-order valence-corrected chi connectivity index (χ0v) is 21.3. The summed E-state index contributed by atoms with van der Waals surface area (Å²) in [6, 6.07) is 21.0. The Morgan fingerprint density at radius 2 is 1.69 bits per heavy atom. The molecule has 1 amide bonds. The van der Waals surface area contributed by atoms with Crippen molar-refractivity contribution in [2.75, 3.05) is 18.1 Å². The van der Waals surface area contributed by atoms with E-state index in [2.05, 4.69) is 6.92 Å². The maximum Gasteiger partial charge on any atom is 0.254 e. The quantitative estimate of drug-likeness (QED) is 0.307. The van der Waals surface area contributed by atoms with Crippen molar-refractivity contribution in [1.29, 1.82) is 0 Å². The number of rotatable bonds is 11. The van der Waals surface area contributed by atoms with E-state index in [1.54, 1.807) is 17.0 Å². The third-order valence-electron chi connectivity index (χ3n) is 6.75. The summed E-state index contributed by atoms with van der Waals surface area (Å²) < 4.78 is 30.3. The van der Waals surface area contributed by atoms with Gasteiger partial charge in [0.25, 0.3) is 5.91 Å². The smallest absolute Gasteiger partial charge is 0.254 e. The second-order valence-corrected chi connectivity index (χ2v) is 11.6. The Hall–Kier alpha value is -2.86. The van der Waals surface area contributed by atoms with Crippen molar-refractivity contribution in [2.24, 2.45) is 0 Å². The molecule has 3 aromatic carbocycles. The molecular weight excluding hydrogens is 458 g/mol. The van der Waals surface area contributed by atoms with Crippen LogP contribution in [0.25, 0.3) is 10.8 Å². The van der Waals surface area contributed by atoms with Gasteiger partial charge in [0.2, 0.25) is 0 Å². The first-order valence-corrected chi connectivity index (χ1v) is 14.5. The highest BCUT2D eigenvalue weighted by molar-refractivity contribution is 7.91. The maximum atomic E-state index is 13.6. The molecule has 0 spiro atoms. The van der Waals surface area contributed by atoms with Crippen LogP contribution in [0.1, 0.15) is 61.4 Å². The number of fused-ring (bicyclic) bond motifs is 1. The molecule has 0 aromatic heterocycles. The highest BCUT2D eigenvalue weighted by Gasteiger charge is 2.35. The van der Waals surface area contributed by atoms with E-state index in [-0.39, 0.29) is 23.5 Å². The fourth-order valence-electron chi connectivity index (χ4n) is 4.76. The van der Waals surface area contributed by atoms with Crippen LogP contribution in [0, 0.1) is 0 Å². The van der Waals surface area contributed by atoms with Crippen LogP contribution in [-0.4, -0.2) is 43.4 Å². The highest BCUT2D eigenvalue weighted by Crippen LogP contribution is 2.26. The van der Waals surface area contributed by atoms with Gasteiger partial charge in [-0.2, -0.15) is 0 Å². The maximum absolute atomic E-state index is 13.6. The predicted molar refractivity (Wildman–Crippen MR) is 142 cm³/mol. The molecule has 0 bridgehead atoms. The average Bonchev–Trinajstić information content (AvgIpc) is 3.24. The van der Waals surface area contributed by atoms with Crippen molar-refractivity contribution in [3.05, 3.63) is 77.9 Å². The molecule has 1 atom stereocenters. The van der Waals surface area contributed by atoms with E-state index >= 15 is 0 Å². The molecular formula is C29H35NO4S. The first-order valence-electron chi connectivity index (χ1n) is 12.7. The second kappa shape index (κ2) is 11.7. The minimum Gasteiger partial charge on any atom is -0.494 e. The predicted octanol–water partition coefficient (Wildman–Crippen LogP) is 6.02. The van der Waals surface area contributed by atoms with Gasteiger partial charge in [0.15, 0.2) is 9.84 Å². The lowest BCUT2D eigenvalue weighted by atomic mass is 10.0. The number of amides is 1. The molecule has 1 aliphatic rings. The number of sulfone groups is 1. The molecule has 1 aliphatic heterocycles. The van der Waals surface area contributed by atoms with Crippen molar-refractivity contribution in [1.82, 2.24) is 4.90 Å². The summed E-state index contributed by atoms with van der Waals surface area (Å²) in [5.74, 6) is 0.748. The van der Waals surface area contributed by atoms with Crippen LogP contribution in [0.4, 0.5) is 0 Å². The Bertz CT molecular complexity index is 1230. The Labute approximate surface area is 209 Å². The SMILES string of the molecule is CCCCCCCOc1ccc(C(=O)N(Cc2cccc3ccccc23)[C@@H]2CCS(=O)(=O)C2)cc1. The van der Waals surface area contributed by atoms with Gasteiger partial charge in [-0.05, 0) is 53.4 Å². The average molecular weight is 494 g/mol. The fraction of sp³-hybridized carbons (Fsp3) is 0.414. The Kier molecular flexibility index (Phi) is 8.45. The van der Waals surface area contributed by atoms with Crippen molar-refractivity contribution in [3.8, 4) is 5.75 Å². The summed E-state index contributed by atoms with van der Waals surface area (Å²) >= 11 is 0. The molecule has 3 aromatic rings. The number of unbranched alkanes of at least 4 members (excludes halogenated alkanes) is 4. The number of ether oxygens (including phenoxy) is 1. The highest BCUT2D eigenvalue weighted by atomic mass is 32.2. The third kappa shape index (κ3) is 6.63. The van der Waals surface area contributed by atoms with Gasteiger partial charge in [-0.3, -0.25) is 4.79 Å². The molecule has 4 rings (SSSR count). The summed E-state index contributed by atoms with van der Waals surface area (Å²) in [5, 5.41) is 2.18. The van der Waals surface area contributed by atoms with Gasteiger partial charge >= 0.3 is 0 Å². The summed E-state index contributed by atoms with van der Waals surface area (Å²) in [7, 11) is -3.13. The number of carbonyl (C=O) groups is 1. The van der Waals surface area contributed by atoms with E-state index in [0.29, 0.717) is 25.1 Å². The first kappa shape index (κ1) is 25.2. The molecule has 0 saturated carbocycles. The molecule has 1 fully saturated rings. The lowest BCUT2D eigenvalue weighted by Gasteiger charge is -2.29. The topological polar surface area (TPSA) is 63.7 Å². The Morgan fingerprint density at radius 3 is 2.43 bits per heavy atom. The molecule has 6 heteroatoms. The van der Waals surface area contributed by atoms with Gasteiger partial charge in [-0.25, -0.2) is 8.42 Å². The van der Waals surface area contributed by atoms with Gasteiger partial charge in [0, 0.05) is 18.2 Å². The lowest BCUT2D eigenvalue weighted by molar-refractivity contribution is 0.0682. The first-order chi connectivity index (χ1) is 17.0. The summed E-state index contributed by atoms with van der Waals surface area (Å²) in [4.78, 5) is 15.4. The minimum absolute atomic E-state index is 0.0166. The van der Waals surface area contributed by atoms with Gasteiger partial charge in [-0.1, -0.05) is 75.1 Å². The van der Waals surface area contributed by atoms with E-state index in [1.165, 1.54) is 19.3 Å².